The lowest BCUT2D eigenvalue weighted by Crippen LogP contribution is -2.13. The highest BCUT2D eigenvalue weighted by molar-refractivity contribution is 5.40. The minimum absolute atomic E-state index is 0.274. The topological polar surface area (TPSA) is 0 Å². The molecule has 0 unspecified atom stereocenters. The third-order valence-electron chi connectivity index (χ3n) is 17.1. The van der Waals surface area contributed by atoms with Gasteiger partial charge in [-0.15, -0.1) is 0 Å². The van der Waals surface area contributed by atoms with Gasteiger partial charge in [-0.2, -0.15) is 0 Å². The zero-order chi connectivity index (χ0) is 53.1. The fraction of sp³-hybridized carbons (Fsp3) is 0.500. The van der Waals surface area contributed by atoms with Crippen LogP contribution in [0.4, 0.5) is 0 Å². The van der Waals surface area contributed by atoms with E-state index < -0.39 is 0 Å². The first kappa shape index (κ1) is 59.9. The van der Waals surface area contributed by atoms with E-state index in [-0.39, 0.29) is 5.41 Å². The molecule has 0 amide bonds. The molecule has 0 atom stereocenters. The van der Waals surface area contributed by atoms with E-state index in [0.29, 0.717) is 5.92 Å². The molecule has 3 aliphatic carbocycles. The highest BCUT2D eigenvalue weighted by Crippen LogP contribution is 2.39. The Kier molecular flexibility index (Phi) is 24.3. The van der Waals surface area contributed by atoms with Crippen molar-refractivity contribution in [1.82, 2.24) is 0 Å². The molecular formula is C72H102. The van der Waals surface area contributed by atoms with Crippen molar-refractivity contribution >= 4 is 0 Å². The van der Waals surface area contributed by atoms with Crippen LogP contribution in [-0.4, -0.2) is 0 Å². The number of rotatable bonds is 5. The summed E-state index contributed by atoms with van der Waals surface area (Å²) in [7, 11) is 0. The molecule has 0 nitrogen and oxygen atoms in total. The van der Waals surface area contributed by atoms with Crippen LogP contribution in [0.5, 0.6) is 0 Å². The van der Waals surface area contributed by atoms with Crippen LogP contribution in [0.1, 0.15) is 242 Å². The maximum absolute atomic E-state index is 2.33. The second-order valence-corrected chi connectivity index (χ2v) is 23.5. The Labute approximate surface area is 444 Å². The number of aryl methyl sites for hydroxylation is 7. The highest BCUT2D eigenvalue weighted by atomic mass is 14.3. The molecule has 0 saturated heterocycles. The molecule has 0 heterocycles. The van der Waals surface area contributed by atoms with E-state index in [1.807, 2.05) is 0 Å². The predicted octanol–water partition coefficient (Wildman–Crippen LogP) is 21.8. The SMILES string of the molecule is CCc1cccc(C)c1C.Cc1cccc(C(C)(C)C)c1C.Cc1cccc(C(C)C)c1C.Cc1cccc(C2CCC2)c1C.Cc1cccc(C2CCCC2)c1C.Cc1cccc(C2CCCCC2)c1C. The summed E-state index contributed by atoms with van der Waals surface area (Å²) in [5, 5.41) is 0. The van der Waals surface area contributed by atoms with Gasteiger partial charge in [-0.05, 0) is 257 Å². The summed E-state index contributed by atoms with van der Waals surface area (Å²) < 4.78 is 0. The van der Waals surface area contributed by atoms with Crippen molar-refractivity contribution < 1.29 is 0 Å². The molecule has 3 saturated carbocycles. The normalized spacial score (nSPS) is 14.7. The third kappa shape index (κ3) is 17.5. The van der Waals surface area contributed by atoms with Crippen LogP contribution < -0.4 is 0 Å². The third-order valence-corrected chi connectivity index (χ3v) is 17.1. The second kappa shape index (κ2) is 29.3. The zero-order valence-electron chi connectivity index (χ0n) is 49.4. The van der Waals surface area contributed by atoms with Crippen LogP contribution in [0.2, 0.25) is 0 Å². The van der Waals surface area contributed by atoms with Crippen LogP contribution in [0, 0.1) is 83.1 Å². The van der Waals surface area contributed by atoms with E-state index in [0.717, 1.165) is 24.2 Å². The van der Waals surface area contributed by atoms with Crippen molar-refractivity contribution in [2.45, 2.75) is 237 Å². The van der Waals surface area contributed by atoms with Gasteiger partial charge in [-0.3, -0.25) is 0 Å². The average Bonchev–Trinajstić information content (AvgIpc) is 3.88. The van der Waals surface area contributed by atoms with E-state index in [1.165, 1.54) is 161 Å². The summed E-state index contributed by atoms with van der Waals surface area (Å²) in [5.74, 6) is 3.24. The van der Waals surface area contributed by atoms with Crippen LogP contribution in [0.25, 0.3) is 0 Å². The van der Waals surface area contributed by atoms with Crippen molar-refractivity contribution in [2.24, 2.45) is 0 Å². The van der Waals surface area contributed by atoms with Gasteiger partial charge in [-0.1, -0.05) is 189 Å². The van der Waals surface area contributed by atoms with Crippen molar-refractivity contribution in [3.63, 3.8) is 0 Å². The Balaban J connectivity index is 0.000000188. The quantitative estimate of drug-likeness (QED) is 0.162. The molecule has 0 bridgehead atoms. The Morgan fingerprint density at radius 1 is 0.361 bits per heavy atom. The van der Waals surface area contributed by atoms with Gasteiger partial charge in [-0.25, -0.2) is 0 Å². The highest BCUT2D eigenvalue weighted by Gasteiger charge is 2.22. The molecule has 72 heavy (non-hydrogen) atoms. The molecule has 390 valence electrons. The monoisotopic (exact) mass is 967 g/mol. The molecule has 0 heteroatoms. The van der Waals surface area contributed by atoms with Crippen LogP contribution >= 0.6 is 0 Å². The zero-order valence-corrected chi connectivity index (χ0v) is 49.4. The molecule has 0 spiro atoms. The fourth-order valence-corrected chi connectivity index (χ4v) is 11.2. The fourth-order valence-electron chi connectivity index (χ4n) is 11.2. The summed E-state index contributed by atoms with van der Waals surface area (Å²) in [6, 6.07) is 39.7. The van der Waals surface area contributed by atoms with Gasteiger partial charge in [0.15, 0.2) is 0 Å². The molecular weight excluding hydrogens is 865 g/mol. The van der Waals surface area contributed by atoms with Gasteiger partial charge in [0, 0.05) is 0 Å². The molecule has 3 aliphatic rings. The molecule has 0 aromatic heterocycles. The maximum Gasteiger partial charge on any atom is -0.0129 e. The van der Waals surface area contributed by atoms with Gasteiger partial charge in [0.1, 0.15) is 0 Å². The molecule has 6 aromatic rings. The van der Waals surface area contributed by atoms with E-state index in [1.54, 1.807) is 16.7 Å². The van der Waals surface area contributed by atoms with Crippen LogP contribution in [0.15, 0.2) is 109 Å². The lowest BCUT2D eigenvalue weighted by molar-refractivity contribution is 0.418. The molecule has 0 radical (unpaired) electrons. The standard InChI is InChI=1S/C14H20.C13H18.C12H16.C12H18.C11H16.C10H14/c1-11-7-6-10-14(12(11)2)13-8-4-3-5-9-13;1-10-6-5-9-13(11(10)2)12-7-3-4-8-12;1-9-5-3-8-12(10(9)2)11-6-4-7-11;1-9-7-6-8-11(10(9)2)12(3,4)5;1-8(2)11-7-5-6-9(3)10(11)4;1-4-10-7-5-6-8(2)9(10)3/h6-7,10,13H,3-5,8-9H2,1-2H3;5-6,9,12H,3-4,7-8H2,1-2H3;3,5,8,11H,4,6-7H2,1-2H3;6-8H,1-5H3;5-8H,1-4H3;5-7H,4H2,1-3H3. The molecule has 9 rings (SSSR count). The molecule has 0 N–H and O–H groups in total. The van der Waals surface area contributed by atoms with Crippen molar-refractivity contribution in [1.29, 1.82) is 0 Å². The Morgan fingerprint density at radius 2 is 0.681 bits per heavy atom. The second-order valence-electron chi connectivity index (χ2n) is 23.5. The summed E-state index contributed by atoms with van der Waals surface area (Å²) in [5.41, 5.74) is 26.9. The number of hydrogen-bond donors (Lipinski definition) is 0. The van der Waals surface area contributed by atoms with Crippen LogP contribution in [-0.2, 0) is 11.8 Å². The van der Waals surface area contributed by atoms with Gasteiger partial charge in [0.05, 0.1) is 0 Å². The first-order chi connectivity index (χ1) is 34.2. The van der Waals surface area contributed by atoms with Gasteiger partial charge in [0.25, 0.3) is 0 Å². The van der Waals surface area contributed by atoms with E-state index in [4.69, 9.17) is 0 Å². The summed E-state index contributed by atoms with van der Waals surface area (Å²) in [6.45, 7) is 40.0. The van der Waals surface area contributed by atoms with Gasteiger partial charge >= 0.3 is 0 Å². The van der Waals surface area contributed by atoms with Gasteiger partial charge in [0.2, 0.25) is 0 Å². The van der Waals surface area contributed by atoms with Crippen molar-refractivity contribution in [2.75, 3.05) is 0 Å². The van der Waals surface area contributed by atoms with Crippen LogP contribution in [0.3, 0.4) is 0 Å². The largest absolute Gasteiger partial charge is 0.0617 e. The summed E-state index contributed by atoms with van der Waals surface area (Å²) >= 11 is 0. The number of benzene rings is 6. The molecule has 0 aliphatic heterocycles. The van der Waals surface area contributed by atoms with Crippen molar-refractivity contribution in [3.05, 3.63) is 209 Å². The number of hydrogen-bond acceptors (Lipinski definition) is 0. The predicted molar refractivity (Wildman–Crippen MR) is 321 cm³/mol. The minimum Gasteiger partial charge on any atom is -0.0617 e. The van der Waals surface area contributed by atoms with Crippen molar-refractivity contribution in [3.8, 4) is 0 Å². The van der Waals surface area contributed by atoms with E-state index in [2.05, 4.69) is 234 Å². The lowest BCUT2D eigenvalue weighted by atomic mass is 9.78. The summed E-state index contributed by atoms with van der Waals surface area (Å²) in [4.78, 5) is 0. The molecule has 6 aromatic carbocycles. The smallest absolute Gasteiger partial charge is 0.0129 e. The Bertz CT molecular complexity index is 2550. The average molecular weight is 968 g/mol. The maximum atomic E-state index is 2.33. The van der Waals surface area contributed by atoms with E-state index >= 15 is 0 Å². The van der Waals surface area contributed by atoms with E-state index in [9.17, 15) is 0 Å². The molecule has 3 fully saturated rings. The Hall–Kier alpha value is -4.68. The van der Waals surface area contributed by atoms with Gasteiger partial charge < -0.3 is 0 Å². The lowest BCUT2D eigenvalue weighted by Gasteiger charge is -2.27. The first-order valence-corrected chi connectivity index (χ1v) is 28.5. The minimum atomic E-state index is 0.274. The summed E-state index contributed by atoms with van der Waals surface area (Å²) in [6.07, 6.45) is 18.2. The Morgan fingerprint density at radius 3 is 1.00 bits per heavy atom. The first-order valence-electron chi connectivity index (χ1n) is 28.5.